The van der Waals surface area contributed by atoms with E-state index in [0.717, 1.165) is 19.3 Å². The maximum Gasteiger partial charge on any atom is 0.421 e. The molecule has 1 amide bonds. The summed E-state index contributed by atoms with van der Waals surface area (Å²) in [6, 6.07) is 0. The predicted octanol–water partition coefficient (Wildman–Crippen LogP) is 0.842. The summed E-state index contributed by atoms with van der Waals surface area (Å²) in [7, 11) is -4.13. The van der Waals surface area contributed by atoms with Gasteiger partial charge in [-0.05, 0) is 38.5 Å². The Morgan fingerprint density at radius 1 is 1.38 bits per heavy atom. The molecule has 1 rings (SSSR count). The van der Waals surface area contributed by atoms with Crippen LogP contribution >= 0.6 is 0 Å². The number of nitrogens with two attached hydrogens (primary N) is 1. The molecule has 1 aliphatic rings. The number of carbonyl (C=O) groups excluding carboxylic acids is 1. The number of ether oxygens (including phenoxy) is 1. The molecular weight excluding hydrogens is 296 g/mol. The summed E-state index contributed by atoms with van der Waals surface area (Å²) in [5.74, 6) is 0.284. The molecule has 122 valence electrons. The van der Waals surface area contributed by atoms with Gasteiger partial charge in [0.1, 0.15) is 5.84 Å². The molecule has 0 unspecified atom stereocenters. The molecule has 1 aliphatic carbocycles. The number of nitrogens with one attached hydrogen (secondary N) is 3. The first-order valence-electron chi connectivity index (χ1n) is 7.07. The summed E-state index contributed by atoms with van der Waals surface area (Å²) < 4.78 is 32.6. The normalized spacial score (nSPS) is 26.1. The molecule has 9 heteroatoms. The maximum absolute atomic E-state index is 12.0. The van der Waals surface area contributed by atoms with Crippen molar-refractivity contribution in [3.63, 3.8) is 0 Å². The summed E-state index contributed by atoms with van der Waals surface area (Å²) in [6.45, 7) is 3.72. The van der Waals surface area contributed by atoms with Crippen molar-refractivity contribution in [2.24, 2.45) is 11.7 Å². The highest BCUT2D eigenvalue weighted by atomic mass is 32.2. The number of hydrogen-bond acceptors (Lipinski definition) is 5. The van der Waals surface area contributed by atoms with Crippen LogP contribution in [0, 0.1) is 11.3 Å². The first kappa shape index (κ1) is 17.7. The van der Waals surface area contributed by atoms with Crippen LogP contribution in [0.4, 0.5) is 4.79 Å². The molecule has 0 aromatic heterocycles. The van der Waals surface area contributed by atoms with Crippen molar-refractivity contribution >= 4 is 22.1 Å². The highest BCUT2D eigenvalue weighted by Gasteiger charge is 2.41. The van der Waals surface area contributed by atoms with Crippen LogP contribution in [0.1, 0.15) is 46.0 Å². The molecule has 21 heavy (non-hydrogen) atoms. The zero-order chi connectivity index (χ0) is 16.1. The van der Waals surface area contributed by atoms with Crippen molar-refractivity contribution < 1.29 is 17.9 Å². The van der Waals surface area contributed by atoms with Gasteiger partial charge in [0.05, 0.1) is 12.1 Å². The van der Waals surface area contributed by atoms with Crippen molar-refractivity contribution in [1.82, 2.24) is 9.44 Å². The van der Waals surface area contributed by atoms with Crippen molar-refractivity contribution in [2.75, 3.05) is 6.61 Å². The Labute approximate surface area is 125 Å². The number of hydrogen-bond donors (Lipinski definition) is 4. The van der Waals surface area contributed by atoms with Gasteiger partial charge in [-0.15, -0.1) is 0 Å². The van der Waals surface area contributed by atoms with Crippen LogP contribution in [-0.4, -0.2) is 32.5 Å². The maximum atomic E-state index is 12.0. The fourth-order valence-corrected chi connectivity index (χ4v) is 3.72. The van der Waals surface area contributed by atoms with Gasteiger partial charge in [0, 0.05) is 0 Å². The number of amides is 1. The molecule has 0 aliphatic heterocycles. The van der Waals surface area contributed by atoms with Crippen LogP contribution in [0.15, 0.2) is 0 Å². The van der Waals surface area contributed by atoms with Gasteiger partial charge in [0.2, 0.25) is 0 Å². The summed E-state index contributed by atoms with van der Waals surface area (Å²) in [6.07, 6.45) is 2.44. The predicted molar refractivity (Wildman–Crippen MR) is 79.1 cm³/mol. The largest absolute Gasteiger partial charge is 0.449 e. The summed E-state index contributed by atoms with van der Waals surface area (Å²) in [5.41, 5.74) is 4.48. The molecule has 0 aromatic carbocycles. The van der Waals surface area contributed by atoms with Gasteiger partial charge in [-0.1, -0.05) is 13.3 Å². The topological polar surface area (TPSA) is 134 Å². The van der Waals surface area contributed by atoms with E-state index in [4.69, 9.17) is 11.1 Å². The van der Waals surface area contributed by atoms with E-state index in [-0.39, 0.29) is 12.4 Å². The van der Waals surface area contributed by atoms with Crippen LogP contribution in [0.2, 0.25) is 0 Å². The van der Waals surface area contributed by atoms with E-state index in [0.29, 0.717) is 18.8 Å². The highest BCUT2D eigenvalue weighted by molar-refractivity contribution is 7.88. The average Bonchev–Trinajstić information content (AvgIpc) is 2.38. The Morgan fingerprint density at radius 3 is 2.38 bits per heavy atom. The fraction of sp³-hybridized carbons (Fsp3) is 0.833. The zero-order valence-electron chi connectivity index (χ0n) is 12.4. The van der Waals surface area contributed by atoms with Gasteiger partial charge in [-0.2, -0.15) is 13.1 Å². The Hall–Kier alpha value is -1.35. The van der Waals surface area contributed by atoms with Gasteiger partial charge in [0.15, 0.2) is 0 Å². The Kier molecular flexibility index (Phi) is 5.97. The van der Waals surface area contributed by atoms with Crippen LogP contribution in [0.5, 0.6) is 0 Å². The summed E-state index contributed by atoms with van der Waals surface area (Å²) in [5, 5.41) is 7.71. The lowest BCUT2D eigenvalue weighted by molar-refractivity contribution is 0.158. The molecule has 0 heterocycles. The molecule has 0 radical (unpaired) electrons. The molecule has 8 nitrogen and oxygen atoms in total. The van der Waals surface area contributed by atoms with E-state index < -0.39 is 21.8 Å². The van der Waals surface area contributed by atoms with E-state index >= 15 is 0 Å². The number of amidine groups is 1. The van der Waals surface area contributed by atoms with Gasteiger partial charge >= 0.3 is 16.3 Å². The van der Waals surface area contributed by atoms with E-state index in [1.807, 2.05) is 0 Å². The second kappa shape index (κ2) is 7.08. The fourth-order valence-electron chi connectivity index (χ4n) is 2.56. The third kappa shape index (κ3) is 4.85. The van der Waals surface area contributed by atoms with Gasteiger partial charge in [-0.3, -0.25) is 5.41 Å². The molecule has 0 aromatic rings. The quantitative estimate of drug-likeness (QED) is 0.425. The lowest BCUT2D eigenvalue weighted by Crippen LogP contribution is -2.61. The van der Waals surface area contributed by atoms with Crippen LogP contribution < -0.4 is 15.2 Å². The SMILES string of the molecule is CCOC(=O)NS(=O)(=O)NC1(C(=N)N)CCC(CC)CC1. The second-order valence-electron chi connectivity index (χ2n) is 5.28. The number of rotatable bonds is 6. The zero-order valence-corrected chi connectivity index (χ0v) is 13.3. The molecule has 0 saturated heterocycles. The first-order valence-corrected chi connectivity index (χ1v) is 8.56. The van der Waals surface area contributed by atoms with Crippen LogP contribution in [-0.2, 0) is 14.9 Å². The minimum absolute atomic E-state index is 0.0668. The van der Waals surface area contributed by atoms with Gasteiger partial charge < -0.3 is 10.5 Å². The average molecular weight is 320 g/mol. The molecule has 1 saturated carbocycles. The highest BCUT2D eigenvalue weighted by Crippen LogP contribution is 2.34. The van der Waals surface area contributed by atoms with Crippen molar-refractivity contribution in [3.05, 3.63) is 0 Å². The molecular formula is C12H24N4O4S. The lowest BCUT2D eigenvalue weighted by atomic mass is 9.75. The standard InChI is InChI=1S/C12H24N4O4S/c1-3-9-5-7-12(8-6-9,10(13)14)16-21(18,19)15-11(17)20-4-2/h9,16H,3-8H2,1-2H3,(H3,13,14)(H,15,17). The molecule has 5 N–H and O–H groups in total. The summed E-state index contributed by atoms with van der Waals surface area (Å²) >= 11 is 0. The molecule has 0 spiro atoms. The third-order valence-electron chi connectivity index (χ3n) is 3.87. The van der Waals surface area contributed by atoms with Gasteiger partial charge in [-0.25, -0.2) is 9.52 Å². The Bertz CT molecular complexity index is 483. The van der Waals surface area contributed by atoms with E-state index in [9.17, 15) is 13.2 Å². The van der Waals surface area contributed by atoms with Crippen molar-refractivity contribution in [2.45, 2.75) is 51.5 Å². The Morgan fingerprint density at radius 2 is 1.95 bits per heavy atom. The van der Waals surface area contributed by atoms with Crippen molar-refractivity contribution in [1.29, 1.82) is 5.41 Å². The van der Waals surface area contributed by atoms with Crippen LogP contribution in [0.3, 0.4) is 0 Å². The lowest BCUT2D eigenvalue weighted by Gasteiger charge is -2.39. The molecule has 0 bridgehead atoms. The number of carbonyl (C=O) groups is 1. The van der Waals surface area contributed by atoms with E-state index in [1.54, 1.807) is 11.6 Å². The third-order valence-corrected chi connectivity index (χ3v) is 4.97. The van der Waals surface area contributed by atoms with E-state index in [2.05, 4.69) is 16.4 Å². The van der Waals surface area contributed by atoms with Crippen LogP contribution in [0.25, 0.3) is 0 Å². The van der Waals surface area contributed by atoms with Crippen molar-refractivity contribution in [3.8, 4) is 0 Å². The van der Waals surface area contributed by atoms with E-state index in [1.165, 1.54) is 0 Å². The monoisotopic (exact) mass is 320 g/mol. The Balaban J connectivity index is 2.79. The second-order valence-corrected chi connectivity index (χ2v) is 6.69. The first-order chi connectivity index (χ1) is 9.74. The van der Waals surface area contributed by atoms with Gasteiger partial charge in [0.25, 0.3) is 0 Å². The summed E-state index contributed by atoms with van der Waals surface area (Å²) in [4.78, 5) is 11.2. The molecule has 1 fully saturated rings. The molecule has 0 atom stereocenters. The minimum atomic E-state index is -4.13. The minimum Gasteiger partial charge on any atom is -0.449 e. The smallest absolute Gasteiger partial charge is 0.421 e.